The van der Waals surface area contributed by atoms with Crippen molar-refractivity contribution < 1.29 is 14.6 Å². The van der Waals surface area contributed by atoms with Crippen LogP contribution in [0.4, 0.5) is 0 Å². The molecule has 1 aromatic rings. The van der Waals surface area contributed by atoms with E-state index in [1.54, 1.807) is 13.2 Å². The number of hydrogen-bond donors (Lipinski definition) is 1. The minimum absolute atomic E-state index is 0.123. The second-order valence-electron chi connectivity index (χ2n) is 4.41. The summed E-state index contributed by atoms with van der Waals surface area (Å²) in [5.41, 5.74) is 1.17. The summed E-state index contributed by atoms with van der Waals surface area (Å²) in [4.78, 5) is 12.7. The average molecular weight is 259 g/mol. The molecule has 0 radical (unpaired) electrons. The summed E-state index contributed by atoms with van der Waals surface area (Å²) in [7, 11) is 1.64. The van der Waals surface area contributed by atoms with E-state index in [0.29, 0.717) is 0 Å². The van der Waals surface area contributed by atoms with Crippen LogP contribution in [0.3, 0.4) is 0 Å². The maximum Gasteiger partial charge on any atom is 0.328 e. The van der Waals surface area contributed by atoms with Crippen molar-refractivity contribution >= 4 is 5.97 Å². The van der Waals surface area contributed by atoms with E-state index in [2.05, 4.69) is 11.0 Å². The van der Waals surface area contributed by atoms with Gasteiger partial charge in [-0.15, -0.1) is 0 Å². The Morgan fingerprint density at radius 3 is 2.84 bits per heavy atom. The number of ether oxygens (including phenoxy) is 1. The van der Waals surface area contributed by atoms with Crippen molar-refractivity contribution in [2.45, 2.75) is 19.0 Å². The number of nitrogens with zero attached hydrogens (tertiary/aromatic N) is 1. The van der Waals surface area contributed by atoms with Crippen LogP contribution < -0.4 is 4.74 Å². The smallest absolute Gasteiger partial charge is 0.328 e. The second-order valence-corrected chi connectivity index (χ2v) is 4.41. The largest absolute Gasteiger partial charge is 0.497 e. The first-order chi connectivity index (χ1) is 9.19. The predicted molar refractivity (Wildman–Crippen MR) is 72.9 cm³/mol. The van der Waals surface area contributed by atoms with Gasteiger partial charge in [-0.1, -0.05) is 24.3 Å². The monoisotopic (exact) mass is 259 g/mol. The summed E-state index contributed by atoms with van der Waals surface area (Å²) in [6, 6.07) is 8.01. The molecule has 100 valence electrons. The van der Waals surface area contributed by atoms with Crippen molar-refractivity contribution in [1.82, 2.24) is 4.90 Å². The molecule has 19 heavy (non-hydrogen) atoms. The molecular weight excluding hydrogens is 242 g/mol. The summed E-state index contributed by atoms with van der Waals surface area (Å²) in [5, 5.41) is 8.67. The number of benzene rings is 1. The number of carboxylic acids is 1. The van der Waals surface area contributed by atoms with E-state index in [0.717, 1.165) is 18.7 Å². The van der Waals surface area contributed by atoms with E-state index < -0.39 is 5.97 Å². The molecule has 4 nitrogen and oxygen atoms in total. The van der Waals surface area contributed by atoms with Gasteiger partial charge in [0.05, 0.1) is 13.2 Å². The molecule has 1 aliphatic rings. The maximum absolute atomic E-state index is 10.6. The van der Waals surface area contributed by atoms with Crippen molar-refractivity contribution in [2.75, 3.05) is 7.11 Å². The normalized spacial score (nSPS) is 18.2. The van der Waals surface area contributed by atoms with Crippen molar-refractivity contribution in [3.05, 3.63) is 54.3 Å². The van der Waals surface area contributed by atoms with Crippen LogP contribution in [0, 0.1) is 0 Å². The summed E-state index contributed by atoms with van der Waals surface area (Å²) in [6.45, 7) is 0.759. The molecule has 0 aromatic heterocycles. The molecule has 0 aliphatic carbocycles. The number of hydrogen-bond acceptors (Lipinski definition) is 3. The summed E-state index contributed by atoms with van der Waals surface area (Å²) in [6.07, 6.45) is 7.85. The van der Waals surface area contributed by atoms with Crippen LogP contribution in [0.2, 0.25) is 0 Å². The fraction of sp³-hybridized carbons (Fsp3) is 0.267. The Kier molecular flexibility index (Phi) is 4.23. The van der Waals surface area contributed by atoms with E-state index in [1.165, 1.54) is 11.6 Å². The molecule has 0 bridgehead atoms. The first kappa shape index (κ1) is 13.2. The van der Waals surface area contributed by atoms with Gasteiger partial charge in [0.25, 0.3) is 0 Å². The van der Waals surface area contributed by atoms with Crippen LogP contribution in [0.25, 0.3) is 0 Å². The zero-order valence-electron chi connectivity index (χ0n) is 10.8. The van der Waals surface area contributed by atoms with E-state index in [9.17, 15) is 4.79 Å². The van der Waals surface area contributed by atoms with E-state index in [-0.39, 0.29) is 6.04 Å². The Hall–Kier alpha value is -2.23. The summed E-state index contributed by atoms with van der Waals surface area (Å²) >= 11 is 0. The van der Waals surface area contributed by atoms with Gasteiger partial charge >= 0.3 is 5.97 Å². The molecule has 0 fully saturated rings. The molecule has 1 aromatic carbocycles. The highest BCUT2D eigenvalue weighted by Gasteiger charge is 2.16. The SMILES string of the molecule is COc1ccc(CN2C=CCC2/C=C/C(=O)O)cc1. The van der Waals surface area contributed by atoms with E-state index in [4.69, 9.17) is 9.84 Å². The van der Waals surface area contributed by atoms with Gasteiger partial charge in [0.15, 0.2) is 0 Å². The fourth-order valence-corrected chi connectivity index (χ4v) is 2.08. The maximum atomic E-state index is 10.6. The molecule has 1 heterocycles. The molecule has 1 unspecified atom stereocenters. The van der Waals surface area contributed by atoms with Crippen LogP contribution in [-0.2, 0) is 11.3 Å². The number of rotatable bonds is 5. The zero-order chi connectivity index (χ0) is 13.7. The van der Waals surface area contributed by atoms with Gasteiger partial charge < -0.3 is 14.7 Å². The first-order valence-electron chi connectivity index (χ1n) is 6.15. The lowest BCUT2D eigenvalue weighted by Gasteiger charge is -2.23. The zero-order valence-corrected chi connectivity index (χ0v) is 10.8. The number of methoxy groups -OCH3 is 1. The highest BCUT2D eigenvalue weighted by molar-refractivity contribution is 5.79. The Morgan fingerprint density at radius 2 is 2.21 bits per heavy atom. The predicted octanol–water partition coefficient (Wildman–Crippen LogP) is 2.42. The molecule has 4 heteroatoms. The van der Waals surface area contributed by atoms with Gasteiger partial charge in [0.2, 0.25) is 0 Å². The summed E-state index contributed by atoms with van der Waals surface area (Å²) in [5.74, 6) is -0.0701. The van der Waals surface area contributed by atoms with Crippen molar-refractivity contribution in [1.29, 1.82) is 0 Å². The van der Waals surface area contributed by atoms with Gasteiger partial charge in [-0.25, -0.2) is 4.79 Å². The highest BCUT2D eigenvalue weighted by Crippen LogP contribution is 2.20. The van der Waals surface area contributed by atoms with Gasteiger partial charge in [-0.3, -0.25) is 0 Å². The Balaban J connectivity index is 2.00. The molecule has 0 saturated heterocycles. The van der Waals surface area contributed by atoms with Crippen LogP contribution in [0.1, 0.15) is 12.0 Å². The topological polar surface area (TPSA) is 49.8 Å². The third kappa shape index (κ3) is 3.61. The van der Waals surface area contributed by atoms with Crippen molar-refractivity contribution in [3.8, 4) is 5.75 Å². The van der Waals surface area contributed by atoms with Crippen LogP contribution in [0.5, 0.6) is 5.75 Å². The molecule has 0 amide bonds. The molecule has 0 saturated carbocycles. The number of carbonyl (C=O) groups is 1. The lowest BCUT2D eigenvalue weighted by Crippen LogP contribution is -2.24. The van der Waals surface area contributed by atoms with Gasteiger partial charge in [0, 0.05) is 12.6 Å². The van der Waals surface area contributed by atoms with E-state index >= 15 is 0 Å². The molecule has 1 atom stereocenters. The lowest BCUT2D eigenvalue weighted by atomic mass is 10.1. The van der Waals surface area contributed by atoms with E-state index in [1.807, 2.05) is 30.5 Å². The Morgan fingerprint density at radius 1 is 1.47 bits per heavy atom. The Labute approximate surface area is 112 Å². The fourth-order valence-electron chi connectivity index (χ4n) is 2.08. The van der Waals surface area contributed by atoms with Gasteiger partial charge in [0.1, 0.15) is 5.75 Å². The van der Waals surface area contributed by atoms with Crippen molar-refractivity contribution in [3.63, 3.8) is 0 Å². The molecule has 0 spiro atoms. The van der Waals surface area contributed by atoms with Gasteiger partial charge in [-0.2, -0.15) is 0 Å². The Bertz CT molecular complexity index is 491. The molecule has 1 aliphatic heterocycles. The van der Waals surface area contributed by atoms with Crippen molar-refractivity contribution in [2.24, 2.45) is 0 Å². The van der Waals surface area contributed by atoms with Gasteiger partial charge in [-0.05, 0) is 30.3 Å². The summed E-state index contributed by atoms with van der Waals surface area (Å²) < 4.78 is 5.12. The van der Waals surface area contributed by atoms with Crippen LogP contribution >= 0.6 is 0 Å². The minimum atomic E-state index is -0.906. The first-order valence-corrected chi connectivity index (χ1v) is 6.15. The third-order valence-electron chi connectivity index (χ3n) is 3.09. The minimum Gasteiger partial charge on any atom is -0.497 e. The molecule has 2 rings (SSSR count). The highest BCUT2D eigenvalue weighted by atomic mass is 16.5. The number of aliphatic carboxylic acids is 1. The van der Waals surface area contributed by atoms with Crippen LogP contribution in [-0.4, -0.2) is 29.1 Å². The number of carboxylic acid groups (broad SMARTS) is 1. The molecule has 1 N–H and O–H groups in total. The second kappa shape index (κ2) is 6.09. The average Bonchev–Trinajstić information content (AvgIpc) is 2.84. The molecular formula is C15H17NO3. The van der Waals surface area contributed by atoms with Crippen LogP contribution in [0.15, 0.2) is 48.7 Å². The quantitative estimate of drug-likeness (QED) is 0.825. The lowest BCUT2D eigenvalue weighted by molar-refractivity contribution is -0.131. The third-order valence-corrected chi connectivity index (χ3v) is 3.09. The standard InChI is InChI=1S/C15H17NO3/c1-19-14-7-4-12(5-8-14)11-16-10-2-3-13(16)6-9-15(17)18/h2,4-10,13H,3,11H2,1H3,(H,17,18)/b9-6+.